The minimum absolute atomic E-state index is 0.00933. The molecule has 8 heteroatoms. The molecule has 0 unspecified atom stereocenters. The number of amides is 1. The van der Waals surface area contributed by atoms with Crippen molar-refractivity contribution in [3.8, 4) is 0 Å². The van der Waals surface area contributed by atoms with Crippen molar-refractivity contribution >= 4 is 16.8 Å². The Hall–Kier alpha value is -3.00. The maximum atomic E-state index is 13.1. The van der Waals surface area contributed by atoms with Gasteiger partial charge in [-0.3, -0.25) is 14.2 Å². The number of nitrogens with zero attached hydrogens (tertiary/aromatic N) is 4. The Labute approximate surface area is 180 Å². The fraction of sp³-hybridized carbons (Fsp3) is 0.478. The first-order valence-corrected chi connectivity index (χ1v) is 11.2. The van der Waals surface area contributed by atoms with Gasteiger partial charge in [0.15, 0.2) is 0 Å². The lowest BCUT2D eigenvalue weighted by molar-refractivity contribution is -0.917. The second-order valence-electron chi connectivity index (χ2n) is 8.68. The van der Waals surface area contributed by atoms with Crippen molar-refractivity contribution in [2.45, 2.75) is 45.7 Å². The Morgan fingerprint density at radius 2 is 1.97 bits per heavy atom. The molecule has 1 aromatic carbocycles. The van der Waals surface area contributed by atoms with Crippen molar-refractivity contribution in [3.63, 3.8) is 0 Å². The van der Waals surface area contributed by atoms with Gasteiger partial charge in [-0.2, -0.15) is 0 Å². The fourth-order valence-electron chi connectivity index (χ4n) is 4.69. The van der Waals surface area contributed by atoms with Gasteiger partial charge in [0.2, 0.25) is 0 Å². The summed E-state index contributed by atoms with van der Waals surface area (Å²) in [6, 6.07) is 7.30. The van der Waals surface area contributed by atoms with Crippen molar-refractivity contribution in [1.29, 1.82) is 0 Å². The third-order valence-corrected chi connectivity index (χ3v) is 6.43. The second-order valence-corrected chi connectivity index (χ2v) is 8.68. The maximum Gasteiger partial charge on any atom is 0.261 e. The van der Waals surface area contributed by atoms with Crippen molar-refractivity contribution in [2.75, 3.05) is 26.2 Å². The van der Waals surface area contributed by atoms with Crippen LogP contribution in [0.3, 0.4) is 0 Å². The summed E-state index contributed by atoms with van der Waals surface area (Å²) in [5.74, 6) is 1.68. The molecule has 0 atom stereocenters. The first-order chi connectivity index (χ1) is 15.1. The summed E-state index contributed by atoms with van der Waals surface area (Å²) in [4.78, 5) is 34.1. The standard InChI is InChI=1S/C23H27N5O3/c1-16-13-18(25-31-16)15-26-9-11-27(12-10-26)22(29)17-6-7-19-20(14-17)24-21-5-3-2-4-8-28(21)23(19)30/h6-7,13-14H,2-5,8-12,15H2,1H3/p+1. The van der Waals surface area contributed by atoms with Gasteiger partial charge in [0.05, 0.1) is 37.1 Å². The van der Waals surface area contributed by atoms with E-state index in [4.69, 9.17) is 9.51 Å². The van der Waals surface area contributed by atoms with Gasteiger partial charge in [-0.1, -0.05) is 11.6 Å². The molecule has 2 aliphatic rings. The van der Waals surface area contributed by atoms with Crippen LogP contribution in [0.25, 0.3) is 10.9 Å². The molecule has 0 radical (unpaired) electrons. The number of quaternary nitrogens is 1. The molecule has 1 saturated heterocycles. The molecule has 5 rings (SSSR count). The molecule has 0 spiro atoms. The van der Waals surface area contributed by atoms with E-state index in [1.807, 2.05) is 22.5 Å². The summed E-state index contributed by atoms with van der Waals surface area (Å²) < 4.78 is 6.97. The molecule has 1 fully saturated rings. The van der Waals surface area contributed by atoms with Crippen molar-refractivity contribution in [1.82, 2.24) is 19.6 Å². The average Bonchev–Trinajstić information content (AvgIpc) is 3.04. The largest absolute Gasteiger partial charge is 0.361 e. The van der Waals surface area contributed by atoms with Crippen LogP contribution in [-0.2, 0) is 19.5 Å². The average molecular weight is 423 g/mol. The first-order valence-electron chi connectivity index (χ1n) is 11.2. The lowest BCUT2D eigenvalue weighted by atomic mass is 10.1. The van der Waals surface area contributed by atoms with Crippen LogP contribution in [0.2, 0.25) is 0 Å². The zero-order valence-electron chi connectivity index (χ0n) is 17.9. The van der Waals surface area contributed by atoms with Gasteiger partial charge in [-0.05, 0) is 38.0 Å². The van der Waals surface area contributed by atoms with Gasteiger partial charge in [0.1, 0.15) is 23.8 Å². The van der Waals surface area contributed by atoms with Gasteiger partial charge in [0, 0.05) is 24.6 Å². The Balaban J connectivity index is 1.31. The molecule has 0 aliphatic carbocycles. The number of fused-ring (bicyclic) bond motifs is 2. The van der Waals surface area contributed by atoms with Crippen LogP contribution in [0, 0.1) is 6.92 Å². The molecular weight excluding hydrogens is 394 g/mol. The summed E-state index contributed by atoms with van der Waals surface area (Å²) in [6.45, 7) is 6.59. The summed E-state index contributed by atoms with van der Waals surface area (Å²) in [6.07, 6.45) is 4.00. The van der Waals surface area contributed by atoms with E-state index in [9.17, 15) is 9.59 Å². The first kappa shape index (κ1) is 19.9. The lowest BCUT2D eigenvalue weighted by Gasteiger charge is -2.31. The van der Waals surface area contributed by atoms with Gasteiger partial charge in [-0.15, -0.1) is 0 Å². The number of benzene rings is 1. The van der Waals surface area contributed by atoms with Crippen LogP contribution in [-0.4, -0.2) is 51.7 Å². The lowest BCUT2D eigenvalue weighted by Crippen LogP contribution is -3.13. The Kier molecular flexibility index (Phi) is 5.31. The number of rotatable bonds is 3. The number of hydrogen-bond donors (Lipinski definition) is 1. The van der Waals surface area contributed by atoms with E-state index in [1.165, 1.54) is 4.90 Å². The number of carbonyl (C=O) groups excluding carboxylic acids is 1. The van der Waals surface area contributed by atoms with E-state index < -0.39 is 0 Å². The number of hydrogen-bond acceptors (Lipinski definition) is 5. The fourth-order valence-corrected chi connectivity index (χ4v) is 4.69. The van der Waals surface area contributed by atoms with E-state index in [2.05, 4.69) is 5.16 Å². The van der Waals surface area contributed by atoms with E-state index >= 15 is 0 Å². The van der Waals surface area contributed by atoms with Crippen molar-refractivity contribution in [3.05, 3.63) is 57.5 Å². The van der Waals surface area contributed by atoms with Crippen LogP contribution in [0.15, 0.2) is 33.6 Å². The molecule has 162 valence electrons. The van der Waals surface area contributed by atoms with E-state index in [0.29, 0.717) is 29.6 Å². The molecule has 4 heterocycles. The molecule has 3 aromatic rings. The highest BCUT2D eigenvalue weighted by Gasteiger charge is 2.26. The zero-order valence-corrected chi connectivity index (χ0v) is 17.9. The van der Waals surface area contributed by atoms with Crippen LogP contribution < -0.4 is 10.5 Å². The van der Waals surface area contributed by atoms with Gasteiger partial charge in [-0.25, -0.2) is 4.98 Å². The minimum Gasteiger partial charge on any atom is -0.361 e. The third-order valence-electron chi connectivity index (χ3n) is 6.43. The molecule has 1 N–H and O–H groups in total. The predicted octanol–water partition coefficient (Wildman–Crippen LogP) is 0.960. The Morgan fingerprint density at radius 1 is 1.13 bits per heavy atom. The minimum atomic E-state index is 0.00933. The van der Waals surface area contributed by atoms with Gasteiger partial charge in [0.25, 0.3) is 11.5 Å². The second kappa shape index (κ2) is 8.26. The van der Waals surface area contributed by atoms with E-state index in [1.54, 1.807) is 18.2 Å². The number of aromatic nitrogens is 3. The monoisotopic (exact) mass is 422 g/mol. The summed E-state index contributed by atoms with van der Waals surface area (Å²) >= 11 is 0. The third kappa shape index (κ3) is 3.99. The summed E-state index contributed by atoms with van der Waals surface area (Å²) in [5, 5.41) is 4.67. The van der Waals surface area contributed by atoms with Crippen LogP contribution in [0.5, 0.6) is 0 Å². The van der Waals surface area contributed by atoms with Crippen molar-refractivity contribution < 1.29 is 14.2 Å². The van der Waals surface area contributed by atoms with Crippen molar-refractivity contribution in [2.24, 2.45) is 0 Å². The Bertz CT molecular complexity index is 1170. The molecule has 0 bridgehead atoms. The SMILES string of the molecule is Cc1cc(C[NH+]2CCN(C(=O)c3ccc4c(=O)n5c(nc4c3)CCCCC5)CC2)no1. The molecule has 0 saturated carbocycles. The summed E-state index contributed by atoms with van der Waals surface area (Å²) in [7, 11) is 0. The molecule has 31 heavy (non-hydrogen) atoms. The normalized spacial score (nSPS) is 17.5. The van der Waals surface area contributed by atoms with E-state index in [0.717, 1.165) is 69.1 Å². The maximum absolute atomic E-state index is 13.1. The molecule has 1 amide bonds. The Morgan fingerprint density at radius 3 is 2.74 bits per heavy atom. The highest BCUT2D eigenvalue weighted by Crippen LogP contribution is 2.17. The molecular formula is C23H28N5O3+. The smallest absolute Gasteiger partial charge is 0.261 e. The molecule has 2 aromatic heterocycles. The van der Waals surface area contributed by atoms with E-state index in [-0.39, 0.29) is 11.5 Å². The predicted molar refractivity (Wildman–Crippen MR) is 115 cm³/mol. The molecule has 8 nitrogen and oxygen atoms in total. The van der Waals surface area contributed by atoms with Gasteiger partial charge < -0.3 is 14.3 Å². The van der Waals surface area contributed by atoms with Crippen LogP contribution in [0.1, 0.15) is 46.9 Å². The van der Waals surface area contributed by atoms with Crippen LogP contribution >= 0.6 is 0 Å². The zero-order chi connectivity index (χ0) is 21.4. The topological polar surface area (TPSA) is 85.7 Å². The number of piperazine rings is 1. The summed E-state index contributed by atoms with van der Waals surface area (Å²) in [5.41, 5.74) is 2.21. The quantitative estimate of drug-likeness (QED) is 0.680. The molecule has 2 aliphatic heterocycles. The number of carbonyl (C=O) groups is 1. The number of aryl methyl sites for hydroxylation is 2. The highest BCUT2D eigenvalue weighted by molar-refractivity contribution is 5.97. The van der Waals surface area contributed by atoms with Crippen LogP contribution in [0.4, 0.5) is 0 Å². The number of nitrogens with one attached hydrogen (secondary N) is 1. The van der Waals surface area contributed by atoms with Gasteiger partial charge >= 0.3 is 0 Å². The highest BCUT2D eigenvalue weighted by atomic mass is 16.5.